The van der Waals surface area contributed by atoms with Gasteiger partial charge in [0.05, 0.1) is 12.1 Å². The van der Waals surface area contributed by atoms with Crippen LogP contribution in [0, 0.1) is 10.4 Å². The van der Waals surface area contributed by atoms with Gasteiger partial charge in [0, 0.05) is 4.97 Å². The lowest BCUT2D eigenvalue weighted by Crippen LogP contribution is -2.45. The van der Waals surface area contributed by atoms with E-state index in [4.69, 9.17) is 0 Å². The van der Waals surface area contributed by atoms with Crippen molar-refractivity contribution in [3.63, 3.8) is 0 Å². The molecule has 0 heterocycles. The van der Waals surface area contributed by atoms with Crippen molar-refractivity contribution < 1.29 is 4.97 Å². The molecule has 0 fully saturated rings. The van der Waals surface area contributed by atoms with E-state index in [0.29, 0.717) is 6.54 Å². The van der Waals surface area contributed by atoms with Gasteiger partial charge in [0.1, 0.15) is 0 Å². The average molecular weight is 172 g/mol. The lowest BCUT2D eigenvalue weighted by molar-refractivity contribution is -0.704. The predicted octanol–water partition coefficient (Wildman–Crippen LogP) is 1.65. The minimum absolute atomic E-state index is 0.0433. The summed E-state index contributed by atoms with van der Waals surface area (Å²) in [4.78, 5) is 0.0433. The van der Waals surface area contributed by atoms with Crippen molar-refractivity contribution in [2.24, 2.45) is 5.28 Å². The Morgan fingerprint density at radius 1 is 1.58 bits per heavy atom. The lowest BCUT2D eigenvalue weighted by atomic mass is 10.1. The second kappa shape index (κ2) is 3.94. The molecule has 0 spiro atoms. The molecular weight excluding hydrogens is 158 g/mol. The smallest absolute Gasteiger partial charge is 0.0952 e. The second-order valence-electron chi connectivity index (χ2n) is 3.38. The summed E-state index contributed by atoms with van der Waals surface area (Å²) in [5.41, 5.74) is -0.427. The molecule has 0 amide bonds. The Morgan fingerprint density at radius 2 is 2.08 bits per heavy atom. The van der Waals surface area contributed by atoms with Crippen LogP contribution in [0.15, 0.2) is 17.9 Å². The van der Waals surface area contributed by atoms with Gasteiger partial charge in [-0.05, 0) is 26.0 Å². The Bertz CT molecular complexity index is 184. The van der Waals surface area contributed by atoms with Crippen LogP contribution in [0.3, 0.4) is 0 Å². The van der Waals surface area contributed by atoms with Gasteiger partial charge >= 0.3 is 0 Å². The number of hydrogen-bond acceptors (Lipinski definition) is 3. The number of nitrogens with zero attached hydrogens (tertiary/aromatic N) is 3. The standard InChI is InChI=1S/C7H15N3O2/c1-5-6-9(7(2,3)4)10(12)8-11/h5,11H,1,6H2,2-4H3/p-1/b10-8+. The fourth-order valence-corrected chi connectivity index (χ4v) is 0.767. The Balaban J connectivity index is 4.55. The van der Waals surface area contributed by atoms with Crippen LogP contribution in [0.2, 0.25) is 0 Å². The summed E-state index contributed by atoms with van der Waals surface area (Å²) in [7, 11) is 0. The molecule has 0 saturated carbocycles. The average Bonchev–Trinajstić information content (AvgIpc) is 1.96. The minimum atomic E-state index is -0.427. The van der Waals surface area contributed by atoms with Gasteiger partial charge in [0.2, 0.25) is 0 Å². The van der Waals surface area contributed by atoms with Crippen LogP contribution in [0.1, 0.15) is 20.8 Å². The van der Waals surface area contributed by atoms with Crippen LogP contribution in [0.25, 0.3) is 0 Å². The molecule has 0 radical (unpaired) electrons. The molecule has 0 atom stereocenters. The van der Waals surface area contributed by atoms with Crippen LogP contribution in [-0.4, -0.2) is 22.1 Å². The van der Waals surface area contributed by atoms with E-state index in [2.05, 4.69) is 11.9 Å². The van der Waals surface area contributed by atoms with E-state index in [-0.39, 0.29) is 4.97 Å². The molecule has 0 bridgehead atoms. The molecule has 0 aromatic heterocycles. The zero-order valence-corrected chi connectivity index (χ0v) is 7.65. The highest BCUT2D eigenvalue weighted by Crippen LogP contribution is 2.12. The predicted molar refractivity (Wildman–Crippen MR) is 46.1 cm³/mol. The summed E-state index contributed by atoms with van der Waals surface area (Å²) in [6, 6.07) is 0. The van der Waals surface area contributed by atoms with Gasteiger partial charge < -0.3 is 10.4 Å². The lowest BCUT2D eigenvalue weighted by Gasteiger charge is -2.30. The molecule has 0 aromatic rings. The van der Waals surface area contributed by atoms with Crippen LogP contribution in [-0.2, 0) is 0 Å². The molecule has 0 rings (SSSR count). The number of rotatable bonds is 3. The largest absolute Gasteiger partial charge is 0.737 e. The summed E-state index contributed by atoms with van der Waals surface area (Å²) < 4.78 is 0. The summed E-state index contributed by atoms with van der Waals surface area (Å²) in [6.45, 7) is 9.22. The molecule has 0 unspecified atom stereocenters. The van der Waals surface area contributed by atoms with Gasteiger partial charge in [0.25, 0.3) is 0 Å². The second-order valence-corrected chi connectivity index (χ2v) is 3.38. The number of hydrogen-bond donors (Lipinski definition) is 0. The molecule has 0 aliphatic rings. The van der Waals surface area contributed by atoms with Crippen molar-refractivity contribution in [1.29, 1.82) is 0 Å². The molecule has 0 saturated heterocycles. The molecule has 5 heteroatoms. The highest BCUT2D eigenvalue weighted by molar-refractivity contribution is 4.77. The molecular formula is C7H14N3O2-. The van der Waals surface area contributed by atoms with Gasteiger partial charge in [-0.15, -0.1) is 11.6 Å². The van der Waals surface area contributed by atoms with Crippen LogP contribution < -0.4 is 0 Å². The maximum Gasteiger partial charge on any atom is 0.0952 e. The number of hydrazine groups is 1. The van der Waals surface area contributed by atoms with Crippen LogP contribution in [0.4, 0.5) is 0 Å². The monoisotopic (exact) mass is 172 g/mol. The summed E-state index contributed by atoms with van der Waals surface area (Å²) in [5, 5.41) is 24.4. The van der Waals surface area contributed by atoms with Gasteiger partial charge in [-0.3, -0.25) is 0 Å². The first-order valence-electron chi connectivity index (χ1n) is 3.62. The quantitative estimate of drug-likeness (QED) is 0.281. The first kappa shape index (κ1) is 10.7. The Morgan fingerprint density at radius 3 is 2.33 bits per heavy atom. The van der Waals surface area contributed by atoms with E-state index in [0.717, 1.165) is 0 Å². The zero-order valence-electron chi connectivity index (χ0n) is 7.65. The van der Waals surface area contributed by atoms with E-state index in [9.17, 15) is 10.4 Å². The zero-order chi connectivity index (χ0) is 9.78. The summed E-state index contributed by atoms with van der Waals surface area (Å²) >= 11 is 0. The van der Waals surface area contributed by atoms with Crippen molar-refractivity contribution in [2.75, 3.05) is 6.54 Å². The molecule has 70 valence electrons. The molecule has 0 aromatic carbocycles. The highest BCUT2D eigenvalue weighted by atomic mass is 16.6. The van der Waals surface area contributed by atoms with E-state index >= 15 is 0 Å². The molecule has 0 N–H and O–H groups in total. The summed E-state index contributed by atoms with van der Waals surface area (Å²) in [5.74, 6) is 0. The fourth-order valence-electron chi connectivity index (χ4n) is 0.767. The Labute approximate surface area is 72.1 Å². The highest BCUT2D eigenvalue weighted by Gasteiger charge is 2.26. The van der Waals surface area contributed by atoms with Crippen LogP contribution in [0.5, 0.6) is 0 Å². The van der Waals surface area contributed by atoms with Crippen molar-refractivity contribution in [1.82, 2.24) is 5.01 Å². The van der Waals surface area contributed by atoms with E-state index < -0.39 is 5.54 Å². The van der Waals surface area contributed by atoms with Gasteiger partial charge in [-0.25, -0.2) is 0 Å². The van der Waals surface area contributed by atoms with Crippen molar-refractivity contribution in [2.45, 2.75) is 26.3 Å². The van der Waals surface area contributed by atoms with Gasteiger partial charge in [0.15, 0.2) is 0 Å². The first-order chi connectivity index (χ1) is 5.43. The molecule has 5 nitrogen and oxygen atoms in total. The molecule has 12 heavy (non-hydrogen) atoms. The maximum atomic E-state index is 10.9. The molecule has 0 aliphatic heterocycles. The van der Waals surface area contributed by atoms with Crippen molar-refractivity contribution >= 4 is 0 Å². The Hall–Kier alpha value is -1.26. The topological polar surface area (TPSA) is 64.7 Å². The maximum absolute atomic E-state index is 10.9. The van der Waals surface area contributed by atoms with E-state index in [1.165, 1.54) is 5.01 Å². The van der Waals surface area contributed by atoms with E-state index in [1.807, 2.05) is 20.8 Å². The SMILES string of the molecule is C=CCN(/[N+]([O-])=N\[O-])C(C)(C)C. The van der Waals surface area contributed by atoms with Gasteiger partial charge in [-0.2, -0.15) is 0 Å². The fraction of sp³-hybridized carbons (Fsp3) is 0.714. The third-order valence-corrected chi connectivity index (χ3v) is 1.35. The molecule has 0 aliphatic carbocycles. The minimum Gasteiger partial charge on any atom is -0.737 e. The van der Waals surface area contributed by atoms with E-state index in [1.54, 1.807) is 6.08 Å². The first-order valence-corrected chi connectivity index (χ1v) is 3.62. The van der Waals surface area contributed by atoms with Crippen molar-refractivity contribution in [3.8, 4) is 0 Å². The normalized spacial score (nSPS) is 12.8. The third kappa shape index (κ3) is 2.77. The third-order valence-electron chi connectivity index (χ3n) is 1.35. The van der Waals surface area contributed by atoms with Crippen LogP contribution >= 0.6 is 0 Å². The van der Waals surface area contributed by atoms with Gasteiger partial charge in [-0.1, -0.05) is 6.08 Å². The van der Waals surface area contributed by atoms with Crippen molar-refractivity contribution in [3.05, 3.63) is 23.1 Å². The summed E-state index contributed by atoms with van der Waals surface area (Å²) in [6.07, 6.45) is 1.54. The Kier molecular flexibility index (Phi) is 3.53.